The molecule has 0 radical (unpaired) electrons. The van der Waals surface area contributed by atoms with E-state index in [-0.39, 0.29) is 0 Å². The van der Waals surface area contributed by atoms with Crippen molar-refractivity contribution < 1.29 is 22.0 Å². The van der Waals surface area contributed by atoms with Crippen LogP contribution >= 0.6 is 0 Å². The van der Waals surface area contributed by atoms with Crippen molar-refractivity contribution in [1.29, 1.82) is 0 Å². The molecule has 0 aromatic rings. The van der Waals surface area contributed by atoms with E-state index in [0.29, 0.717) is 0 Å². The van der Waals surface area contributed by atoms with Crippen LogP contribution in [-0.2, 0) is 10.4 Å². The Morgan fingerprint density at radius 2 is 1.89 bits per heavy atom. The van der Waals surface area contributed by atoms with E-state index < -0.39 is 10.4 Å². The second-order valence-corrected chi connectivity index (χ2v) is 5.89. The number of rotatable bonds is 6. The average Bonchev–Trinajstić information content (AvgIpc) is 2.65. The molecule has 6 nitrogen and oxygen atoms in total. The van der Waals surface area contributed by atoms with E-state index in [2.05, 4.69) is 38.2 Å². The number of quaternary nitrogens is 1. The molecule has 0 fully saturated rings. The highest BCUT2D eigenvalue weighted by Gasteiger charge is 2.25. The molecule has 1 N–H and O–H groups in total. The predicted molar refractivity (Wildman–Crippen MR) is 73.9 cm³/mol. The third-order valence-electron chi connectivity index (χ3n) is 3.07. The summed E-state index contributed by atoms with van der Waals surface area (Å²) in [6.07, 6.45) is 10.1. The molecule has 0 saturated heterocycles. The molecule has 0 aliphatic carbocycles. The first-order valence-corrected chi connectivity index (χ1v) is 8.02. The lowest BCUT2D eigenvalue weighted by atomic mass is 10.2. The van der Waals surface area contributed by atoms with E-state index in [4.69, 9.17) is 17.5 Å². The minimum absolute atomic E-state index is 1.11. The number of nitrogens with zero attached hydrogens (tertiary/aromatic N) is 2. The third-order valence-corrected chi connectivity index (χ3v) is 3.07. The SMILES string of the molecule is CCCCCC[N+]1(C)C=CN(CC)C1.O=S(=O)([O-])O. The second-order valence-electron chi connectivity index (χ2n) is 5.04. The van der Waals surface area contributed by atoms with Gasteiger partial charge in [-0.15, -0.1) is 0 Å². The van der Waals surface area contributed by atoms with Gasteiger partial charge in [0.05, 0.1) is 19.8 Å². The van der Waals surface area contributed by atoms with Crippen molar-refractivity contribution in [2.24, 2.45) is 0 Å². The molecular weight excluding hydrogens is 268 g/mol. The summed E-state index contributed by atoms with van der Waals surface area (Å²) in [6.45, 7) is 8.09. The fourth-order valence-electron chi connectivity index (χ4n) is 2.01. The molecule has 1 atom stereocenters. The van der Waals surface area contributed by atoms with Crippen LogP contribution in [-0.4, -0.2) is 53.7 Å². The number of hydrogen-bond acceptors (Lipinski definition) is 4. The van der Waals surface area contributed by atoms with Gasteiger partial charge in [-0.25, -0.2) is 8.42 Å². The lowest BCUT2D eigenvalue weighted by Crippen LogP contribution is -2.41. The standard InChI is InChI=1S/C12H25N2.H2O4S/c1-4-6-7-8-10-14(3)11-9-13(5-2)12-14;1-5(2,3)4/h9,11H,4-8,10,12H2,1-3H3;(H2,1,2,3,4)/q+1;/p-1. The van der Waals surface area contributed by atoms with Gasteiger partial charge in [-0.3, -0.25) is 9.04 Å². The number of unbranched alkanes of at least 4 members (excludes halogenated alkanes) is 3. The minimum atomic E-state index is -4.92. The summed E-state index contributed by atoms with van der Waals surface area (Å²) in [6, 6.07) is 0. The van der Waals surface area contributed by atoms with Crippen molar-refractivity contribution >= 4 is 10.4 Å². The fraction of sp³-hybridized carbons (Fsp3) is 0.833. The summed E-state index contributed by atoms with van der Waals surface area (Å²) < 4.78 is 33.9. The average molecular weight is 294 g/mol. The maximum atomic E-state index is 8.63. The fourth-order valence-corrected chi connectivity index (χ4v) is 2.01. The van der Waals surface area contributed by atoms with Crippen molar-refractivity contribution in [3.05, 3.63) is 12.4 Å². The molecule has 1 aliphatic rings. The highest BCUT2D eigenvalue weighted by Crippen LogP contribution is 2.16. The molecule has 19 heavy (non-hydrogen) atoms. The van der Waals surface area contributed by atoms with Crippen LogP contribution in [0.15, 0.2) is 12.4 Å². The molecule has 0 aromatic heterocycles. The van der Waals surface area contributed by atoms with Gasteiger partial charge in [0.2, 0.25) is 10.4 Å². The Morgan fingerprint density at radius 1 is 1.32 bits per heavy atom. The summed E-state index contributed by atoms with van der Waals surface area (Å²) in [4.78, 5) is 2.39. The third kappa shape index (κ3) is 10.9. The van der Waals surface area contributed by atoms with Gasteiger partial charge in [-0.05, 0) is 19.8 Å². The van der Waals surface area contributed by atoms with Gasteiger partial charge in [0.25, 0.3) is 0 Å². The van der Waals surface area contributed by atoms with Gasteiger partial charge in [0.15, 0.2) is 6.67 Å². The zero-order valence-electron chi connectivity index (χ0n) is 12.1. The first-order valence-electron chi connectivity index (χ1n) is 6.66. The van der Waals surface area contributed by atoms with Gasteiger partial charge in [0.1, 0.15) is 6.20 Å². The Hall–Kier alpha value is -0.630. The highest BCUT2D eigenvalue weighted by atomic mass is 32.3. The first kappa shape index (κ1) is 18.4. The van der Waals surface area contributed by atoms with Crippen molar-refractivity contribution in [2.75, 3.05) is 26.8 Å². The van der Waals surface area contributed by atoms with Crippen molar-refractivity contribution in [2.45, 2.75) is 39.5 Å². The van der Waals surface area contributed by atoms with Crippen LogP contribution in [0.4, 0.5) is 0 Å². The van der Waals surface area contributed by atoms with Crippen molar-refractivity contribution in [3.8, 4) is 0 Å². The molecular formula is C12H26N2O4S. The molecule has 1 aliphatic heterocycles. The van der Waals surface area contributed by atoms with E-state index in [9.17, 15) is 0 Å². The minimum Gasteiger partial charge on any atom is -0.726 e. The van der Waals surface area contributed by atoms with Crippen LogP contribution < -0.4 is 0 Å². The molecule has 0 bridgehead atoms. The molecule has 0 aromatic carbocycles. The maximum absolute atomic E-state index is 8.63. The Kier molecular flexibility index (Phi) is 8.24. The van der Waals surface area contributed by atoms with Crippen molar-refractivity contribution in [1.82, 2.24) is 4.90 Å². The monoisotopic (exact) mass is 294 g/mol. The summed E-state index contributed by atoms with van der Waals surface area (Å²) in [5, 5.41) is 0. The van der Waals surface area contributed by atoms with Gasteiger partial charge in [0, 0.05) is 6.54 Å². The first-order chi connectivity index (χ1) is 8.70. The summed E-state index contributed by atoms with van der Waals surface area (Å²) in [7, 11) is -2.59. The van der Waals surface area contributed by atoms with Crippen LogP contribution in [0.3, 0.4) is 0 Å². The normalized spacial score (nSPS) is 22.3. The molecule has 0 spiro atoms. The molecule has 1 unspecified atom stereocenters. The van der Waals surface area contributed by atoms with E-state index in [1.54, 1.807) is 0 Å². The summed E-state index contributed by atoms with van der Waals surface area (Å²) >= 11 is 0. The molecule has 114 valence electrons. The molecule has 0 saturated carbocycles. The lowest BCUT2D eigenvalue weighted by molar-refractivity contribution is -0.861. The zero-order valence-corrected chi connectivity index (χ0v) is 12.9. The summed E-state index contributed by atoms with van der Waals surface area (Å²) in [5.41, 5.74) is 0. The largest absolute Gasteiger partial charge is 0.726 e. The Morgan fingerprint density at radius 3 is 2.32 bits per heavy atom. The van der Waals surface area contributed by atoms with E-state index in [0.717, 1.165) is 11.0 Å². The van der Waals surface area contributed by atoms with Gasteiger partial charge in [-0.1, -0.05) is 19.8 Å². The van der Waals surface area contributed by atoms with E-state index in [1.165, 1.54) is 38.9 Å². The van der Waals surface area contributed by atoms with Crippen molar-refractivity contribution in [3.63, 3.8) is 0 Å². The van der Waals surface area contributed by atoms with Crippen LogP contribution in [0.25, 0.3) is 0 Å². The highest BCUT2D eigenvalue weighted by molar-refractivity contribution is 7.79. The van der Waals surface area contributed by atoms with Gasteiger partial charge >= 0.3 is 0 Å². The molecule has 0 amide bonds. The van der Waals surface area contributed by atoms with Gasteiger partial charge < -0.3 is 9.45 Å². The number of hydrogen-bond donors (Lipinski definition) is 1. The lowest BCUT2D eigenvalue weighted by Gasteiger charge is -2.28. The summed E-state index contributed by atoms with van der Waals surface area (Å²) in [5.74, 6) is 0. The molecule has 7 heteroatoms. The zero-order chi connectivity index (χ0) is 14.9. The predicted octanol–water partition coefficient (Wildman–Crippen LogP) is 1.78. The van der Waals surface area contributed by atoms with Crippen LogP contribution in [0, 0.1) is 0 Å². The van der Waals surface area contributed by atoms with Crippen LogP contribution in [0.5, 0.6) is 0 Å². The maximum Gasteiger partial charge on any atom is 0.215 e. The van der Waals surface area contributed by atoms with E-state index >= 15 is 0 Å². The van der Waals surface area contributed by atoms with Crippen LogP contribution in [0.2, 0.25) is 0 Å². The molecule has 1 heterocycles. The Bertz CT molecular complexity index is 362. The quantitative estimate of drug-likeness (QED) is 0.349. The molecule has 1 rings (SSSR count). The topological polar surface area (TPSA) is 80.7 Å². The Labute approximate surface area is 116 Å². The van der Waals surface area contributed by atoms with Crippen LogP contribution in [0.1, 0.15) is 39.5 Å². The Balaban J connectivity index is 0.000000555. The second kappa shape index (κ2) is 8.52. The smallest absolute Gasteiger partial charge is 0.215 e. The van der Waals surface area contributed by atoms with E-state index in [1.807, 2.05) is 0 Å². The van der Waals surface area contributed by atoms with Gasteiger partial charge in [-0.2, -0.15) is 0 Å².